The van der Waals surface area contributed by atoms with Gasteiger partial charge in [-0.15, -0.1) is 0 Å². The van der Waals surface area contributed by atoms with E-state index in [0.717, 1.165) is 5.39 Å². The number of benzene rings is 1. The van der Waals surface area contributed by atoms with E-state index in [9.17, 15) is 4.79 Å². The molecule has 0 radical (unpaired) electrons. The van der Waals surface area contributed by atoms with Crippen LogP contribution in [0.3, 0.4) is 0 Å². The SMILES string of the molecule is Cc1noc(CNC(=O)Cc2noc3ccccc23)n1. The summed E-state index contributed by atoms with van der Waals surface area (Å²) < 4.78 is 10.1. The van der Waals surface area contributed by atoms with Gasteiger partial charge in [-0.1, -0.05) is 22.4 Å². The number of carbonyl (C=O) groups excluding carboxylic acids is 1. The number of hydrogen-bond donors (Lipinski definition) is 1. The van der Waals surface area contributed by atoms with Gasteiger partial charge in [0.15, 0.2) is 11.4 Å². The average molecular weight is 272 g/mol. The number of amides is 1. The van der Waals surface area contributed by atoms with E-state index >= 15 is 0 Å². The summed E-state index contributed by atoms with van der Waals surface area (Å²) in [7, 11) is 0. The molecule has 20 heavy (non-hydrogen) atoms. The third-order valence-corrected chi connectivity index (χ3v) is 2.79. The van der Waals surface area contributed by atoms with Crippen LogP contribution in [0.25, 0.3) is 11.0 Å². The molecule has 1 N–H and O–H groups in total. The number of hydrogen-bond acceptors (Lipinski definition) is 6. The van der Waals surface area contributed by atoms with Crippen molar-refractivity contribution in [3.8, 4) is 0 Å². The smallest absolute Gasteiger partial charge is 0.246 e. The lowest BCUT2D eigenvalue weighted by molar-refractivity contribution is -0.120. The van der Waals surface area contributed by atoms with Crippen molar-refractivity contribution < 1.29 is 13.8 Å². The molecule has 0 aliphatic heterocycles. The predicted octanol–water partition coefficient (Wildman–Crippen LogP) is 1.38. The molecule has 0 saturated carbocycles. The molecular formula is C13H12N4O3. The Morgan fingerprint density at radius 3 is 2.90 bits per heavy atom. The van der Waals surface area contributed by atoms with Gasteiger partial charge in [0.25, 0.3) is 0 Å². The molecule has 0 saturated heterocycles. The summed E-state index contributed by atoms with van der Waals surface area (Å²) in [4.78, 5) is 15.9. The van der Waals surface area contributed by atoms with Crippen LogP contribution in [0, 0.1) is 6.92 Å². The first-order valence-corrected chi connectivity index (χ1v) is 6.11. The van der Waals surface area contributed by atoms with Crippen molar-refractivity contribution in [1.29, 1.82) is 0 Å². The van der Waals surface area contributed by atoms with Crippen LogP contribution in [0.2, 0.25) is 0 Å². The molecule has 0 spiro atoms. The van der Waals surface area contributed by atoms with Crippen LogP contribution in [0.5, 0.6) is 0 Å². The lowest BCUT2D eigenvalue weighted by Gasteiger charge is -1.99. The molecule has 0 aliphatic carbocycles. The van der Waals surface area contributed by atoms with Crippen LogP contribution < -0.4 is 5.32 Å². The standard InChI is InChI=1S/C13H12N4O3/c1-8-15-13(20-16-8)7-14-12(18)6-10-9-4-2-3-5-11(9)19-17-10/h2-5H,6-7H2,1H3,(H,14,18). The number of nitrogens with one attached hydrogen (secondary N) is 1. The molecule has 0 unspecified atom stereocenters. The molecule has 2 heterocycles. The second-order valence-electron chi connectivity index (χ2n) is 4.31. The Labute approximate surface area is 113 Å². The molecule has 1 aromatic carbocycles. The van der Waals surface area contributed by atoms with Crippen LogP contribution >= 0.6 is 0 Å². The molecule has 0 bridgehead atoms. The van der Waals surface area contributed by atoms with Crippen molar-refractivity contribution in [2.75, 3.05) is 0 Å². The zero-order chi connectivity index (χ0) is 13.9. The van der Waals surface area contributed by atoms with E-state index in [4.69, 9.17) is 9.05 Å². The van der Waals surface area contributed by atoms with Gasteiger partial charge in [-0.05, 0) is 19.1 Å². The normalized spacial score (nSPS) is 10.8. The van der Waals surface area contributed by atoms with E-state index in [1.807, 2.05) is 24.3 Å². The van der Waals surface area contributed by atoms with E-state index < -0.39 is 0 Å². The third kappa shape index (κ3) is 2.51. The summed E-state index contributed by atoms with van der Waals surface area (Å²) >= 11 is 0. The molecule has 7 nitrogen and oxygen atoms in total. The third-order valence-electron chi connectivity index (χ3n) is 2.79. The molecule has 3 rings (SSSR count). The summed E-state index contributed by atoms with van der Waals surface area (Å²) in [6.07, 6.45) is 0.143. The Bertz CT molecular complexity index is 747. The molecule has 3 aromatic rings. The fourth-order valence-corrected chi connectivity index (χ4v) is 1.87. The maximum absolute atomic E-state index is 11.9. The fourth-order valence-electron chi connectivity index (χ4n) is 1.87. The molecular weight excluding hydrogens is 260 g/mol. The van der Waals surface area contributed by atoms with Gasteiger partial charge in [-0.3, -0.25) is 4.79 Å². The van der Waals surface area contributed by atoms with E-state index in [2.05, 4.69) is 20.6 Å². The summed E-state index contributed by atoms with van der Waals surface area (Å²) in [6, 6.07) is 7.41. The summed E-state index contributed by atoms with van der Waals surface area (Å²) in [5, 5.41) is 11.1. The molecule has 0 aliphatic rings. The number of aryl methyl sites for hydroxylation is 1. The largest absolute Gasteiger partial charge is 0.356 e. The van der Waals surface area contributed by atoms with Gasteiger partial charge in [0.05, 0.1) is 13.0 Å². The van der Waals surface area contributed by atoms with Crippen molar-refractivity contribution in [2.45, 2.75) is 19.9 Å². The number of fused-ring (bicyclic) bond motifs is 1. The first-order chi connectivity index (χ1) is 9.72. The van der Waals surface area contributed by atoms with E-state index in [-0.39, 0.29) is 18.9 Å². The minimum atomic E-state index is -0.181. The van der Waals surface area contributed by atoms with Crippen LogP contribution in [0.4, 0.5) is 0 Å². The molecule has 0 atom stereocenters. The van der Waals surface area contributed by atoms with Gasteiger partial charge in [-0.25, -0.2) is 0 Å². The summed E-state index contributed by atoms with van der Waals surface area (Å²) in [6.45, 7) is 1.92. The maximum Gasteiger partial charge on any atom is 0.246 e. The average Bonchev–Trinajstić information content (AvgIpc) is 3.04. The number of aromatic nitrogens is 3. The number of rotatable bonds is 4. The summed E-state index contributed by atoms with van der Waals surface area (Å²) in [5.74, 6) is 0.734. The van der Waals surface area contributed by atoms with Gasteiger partial charge >= 0.3 is 0 Å². The Morgan fingerprint density at radius 2 is 2.10 bits per heavy atom. The Hall–Kier alpha value is -2.70. The van der Waals surface area contributed by atoms with Gasteiger partial charge < -0.3 is 14.4 Å². The second kappa shape index (κ2) is 5.12. The van der Waals surface area contributed by atoms with Gasteiger partial charge in [0.2, 0.25) is 11.8 Å². The lowest BCUT2D eigenvalue weighted by Crippen LogP contribution is -2.24. The molecule has 0 fully saturated rings. The molecule has 7 heteroatoms. The minimum absolute atomic E-state index is 0.143. The van der Waals surface area contributed by atoms with E-state index in [1.54, 1.807) is 6.92 Å². The van der Waals surface area contributed by atoms with Crippen LogP contribution in [-0.2, 0) is 17.8 Å². The maximum atomic E-state index is 11.9. The van der Waals surface area contributed by atoms with Gasteiger partial charge in [-0.2, -0.15) is 4.98 Å². The van der Waals surface area contributed by atoms with E-state index in [1.165, 1.54) is 0 Å². The molecule has 102 valence electrons. The zero-order valence-electron chi connectivity index (χ0n) is 10.8. The highest BCUT2D eigenvalue weighted by atomic mass is 16.5. The van der Waals surface area contributed by atoms with Crippen molar-refractivity contribution >= 4 is 16.9 Å². The van der Waals surface area contributed by atoms with Crippen LogP contribution in [-0.4, -0.2) is 21.2 Å². The molecule has 1 amide bonds. The fraction of sp³-hybridized carbons (Fsp3) is 0.231. The lowest BCUT2D eigenvalue weighted by atomic mass is 10.1. The Kier molecular flexibility index (Phi) is 3.16. The zero-order valence-corrected chi connectivity index (χ0v) is 10.8. The van der Waals surface area contributed by atoms with Crippen molar-refractivity contribution in [1.82, 2.24) is 20.6 Å². The van der Waals surface area contributed by atoms with E-state index in [0.29, 0.717) is 23.0 Å². The molecule has 2 aromatic heterocycles. The highest BCUT2D eigenvalue weighted by molar-refractivity contribution is 5.86. The number of nitrogens with zero attached hydrogens (tertiary/aromatic N) is 3. The Balaban J connectivity index is 1.64. The van der Waals surface area contributed by atoms with Crippen molar-refractivity contribution in [3.05, 3.63) is 41.7 Å². The monoisotopic (exact) mass is 272 g/mol. The summed E-state index contributed by atoms with van der Waals surface area (Å²) in [5.41, 5.74) is 1.28. The highest BCUT2D eigenvalue weighted by Crippen LogP contribution is 2.17. The highest BCUT2D eigenvalue weighted by Gasteiger charge is 2.12. The van der Waals surface area contributed by atoms with Gasteiger partial charge in [0.1, 0.15) is 5.69 Å². The van der Waals surface area contributed by atoms with Gasteiger partial charge in [0, 0.05) is 5.39 Å². The van der Waals surface area contributed by atoms with Crippen molar-refractivity contribution in [2.24, 2.45) is 0 Å². The van der Waals surface area contributed by atoms with Crippen LogP contribution in [0.15, 0.2) is 33.3 Å². The topological polar surface area (TPSA) is 94.1 Å². The predicted molar refractivity (Wildman–Crippen MR) is 68.6 cm³/mol. The van der Waals surface area contributed by atoms with Crippen LogP contribution in [0.1, 0.15) is 17.4 Å². The minimum Gasteiger partial charge on any atom is -0.356 e. The second-order valence-corrected chi connectivity index (χ2v) is 4.31. The number of para-hydroxylation sites is 1. The van der Waals surface area contributed by atoms with Crippen molar-refractivity contribution in [3.63, 3.8) is 0 Å². The number of carbonyl (C=O) groups is 1. The quantitative estimate of drug-likeness (QED) is 0.771. The first kappa shape index (κ1) is 12.3. The Morgan fingerprint density at radius 1 is 1.25 bits per heavy atom. The first-order valence-electron chi connectivity index (χ1n) is 6.11.